The fourth-order valence-electron chi connectivity index (χ4n) is 2.42. The summed E-state index contributed by atoms with van der Waals surface area (Å²) in [6.45, 7) is 3.10. The summed E-state index contributed by atoms with van der Waals surface area (Å²) in [7, 11) is 0. The topological polar surface area (TPSA) is 73.5 Å². The molecule has 0 amide bonds. The number of carbonyl (C=O) groups excluding carboxylic acids is 1. The van der Waals surface area contributed by atoms with Crippen molar-refractivity contribution < 1.29 is 9.53 Å². The number of aryl methyl sites for hydroxylation is 1. The van der Waals surface area contributed by atoms with Crippen molar-refractivity contribution in [3.63, 3.8) is 0 Å². The average Bonchev–Trinajstić information content (AvgIpc) is 2.58. The Bertz CT molecular complexity index is 1140. The normalized spacial score (nSPS) is 11.3. The molecule has 0 radical (unpaired) electrons. The second-order valence-corrected chi connectivity index (χ2v) is 8.83. The van der Waals surface area contributed by atoms with Gasteiger partial charge in [-0.1, -0.05) is 15.9 Å². The molecule has 1 aromatic heterocycles. The molecule has 0 aliphatic heterocycles. The van der Waals surface area contributed by atoms with Crippen molar-refractivity contribution >= 4 is 84.2 Å². The lowest BCUT2D eigenvalue weighted by atomic mass is 10.2. The van der Waals surface area contributed by atoms with Crippen LogP contribution in [-0.4, -0.2) is 21.8 Å². The number of benzene rings is 2. The Kier molecular flexibility index (Phi) is 6.31. The Morgan fingerprint density at radius 1 is 1.26 bits per heavy atom. The Labute approximate surface area is 190 Å². The predicted octanol–water partition coefficient (Wildman–Crippen LogP) is 4.48. The van der Waals surface area contributed by atoms with E-state index in [9.17, 15) is 9.59 Å². The number of aromatic nitrogens is 2. The monoisotopic (exact) mass is 651 g/mol. The van der Waals surface area contributed by atoms with Crippen molar-refractivity contribution in [2.45, 2.75) is 13.8 Å². The molecule has 0 aliphatic carbocycles. The van der Waals surface area contributed by atoms with Crippen molar-refractivity contribution in [1.29, 1.82) is 0 Å². The maximum atomic E-state index is 12.8. The van der Waals surface area contributed by atoms with Crippen LogP contribution in [0.4, 0.5) is 0 Å². The summed E-state index contributed by atoms with van der Waals surface area (Å²) in [5.41, 5.74) is 1.17. The molecule has 0 aliphatic rings. The molecule has 27 heavy (non-hydrogen) atoms. The lowest BCUT2D eigenvalue weighted by Crippen LogP contribution is -2.20. The zero-order chi connectivity index (χ0) is 19.7. The molecule has 138 valence electrons. The highest BCUT2D eigenvalue weighted by atomic mass is 127. The first-order chi connectivity index (χ1) is 12.8. The highest BCUT2D eigenvalue weighted by Crippen LogP contribution is 2.28. The highest BCUT2D eigenvalue weighted by Gasteiger charge is 2.11. The van der Waals surface area contributed by atoms with Crippen molar-refractivity contribution in [1.82, 2.24) is 9.66 Å². The largest absolute Gasteiger partial charge is 0.424 e. The molecule has 0 N–H and O–H groups in total. The van der Waals surface area contributed by atoms with E-state index >= 15 is 0 Å². The molecule has 0 bridgehead atoms. The van der Waals surface area contributed by atoms with Gasteiger partial charge in [-0.25, -0.2) is 4.98 Å². The number of hydrogen-bond acceptors (Lipinski definition) is 5. The minimum absolute atomic E-state index is 0.240. The number of rotatable bonds is 3. The minimum atomic E-state index is -0.372. The van der Waals surface area contributed by atoms with Gasteiger partial charge in [-0.15, -0.1) is 0 Å². The Morgan fingerprint density at radius 3 is 2.56 bits per heavy atom. The van der Waals surface area contributed by atoms with Crippen LogP contribution in [0.3, 0.4) is 0 Å². The second kappa shape index (κ2) is 8.35. The zero-order valence-electron chi connectivity index (χ0n) is 14.2. The van der Waals surface area contributed by atoms with Crippen LogP contribution in [0.2, 0.25) is 0 Å². The highest BCUT2D eigenvalue weighted by molar-refractivity contribution is 14.1. The molecule has 2 aromatic carbocycles. The molecule has 0 unspecified atom stereocenters. The van der Waals surface area contributed by atoms with Gasteiger partial charge in [0.15, 0.2) is 5.75 Å². The second-order valence-electron chi connectivity index (χ2n) is 5.59. The van der Waals surface area contributed by atoms with Crippen LogP contribution in [0.25, 0.3) is 10.9 Å². The van der Waals surface area contributed by atoms with E-state index in [0.29, 0.717) is 22.5 Å². The fraction of sp³-hybridized carbons (Fsp3) is 0.111. The molecule has 3 rings (SSSR count). The Morgan fingerprint density at radius 2 is 1.93 bits per heavy atom. The van der Waals surface area contributed by atoms with Crippen molar-refractivity contribution in [3.8, 4) is 5.75 Å². The number of halogens is 3. The molecule has 9 heteroatoms. The van der Waals surface area contributed by atoms with E-state index in [1.165, 1.54) is 11.6 Å². The first kappa shape index (κ1) is 20.4. The third-order valence-electron chi connectivity index (χ3n) is 3.56. The summed E-state index contributed by atoms with van der Waals surface area (Å²) in [5.74, 6) is 0.640. The molecule has 0 saturated carbocycles. The third kappa shape index (κ3) is 4.57. The van der Waals surface area contributed by atoms with E-state index in [-0.39, 0.29) is 11.5 Å². The van der Waals surface area contributed by atoms with Crippen molar-refractivity contribution in [3.05, 3.63) is 63.7 Å². The van der Waals surface area contributed by atoms with Gasteiger partial charge in [0.05, 0.1) is 24.3 Å². The van der Waals surface area contributed by atoms with E-state index in [4.69, 9.17) is 4.74 Å². The zero-order valence-corrected chi connectivity index (χ0v) is 20.1. The number of fused-ring (bicyclic) bond motifs is 1. The molecule has 1 heterocycles. The summed E-state index contributed by atoms with van der Waals surface area (Å²) >= 11 is 7.57. The summed E-state index contributed by atoms with van der Waals surface area (Å²) in [4.78, 5) is 28.4. The minimum Gasteiger partial charge on any atom is -0.424 e. The van der Waals surface area contributed by atoms with E-state index in [1.807, 2.05) is 18.2 Å². The SMILES string of the molecule is CC(=O)Oc1c(I)cc(C=Nn2c(C)nc3ccc(Br)cc3c2=O)cc1I. The molecular formula is C18H12BrI2N3O3. The quantitative estimate of drug-likeness (QED) is 0.181. The Hall–Kier alpha value is -1.34. The van der Waals surface area contributed by atoms with Crippen LogP contribution in [0.1, 0.15) is 18.3 Å². The van der Waals surface area contributed by atoms with Crippen LogP contribution < -0.4 is 10.3 Å². The van der Waals surface area contributed by atoms with Crippen LogP contribution in [-0.2, 0) is 4.79 Å². The maximum Gasteiger partial charge on any atom is 0.308 e. The van der Waals surface area contributed by atoms with Crippen molar-refractivity contribution in [2.75, 3.05) is 0 Å². The van der Waals surface area contributed by atoms with Gasteiger partial charge in [-0.2, -0.15) is 9.78 Å². The number of nitrogens with zero attached hydrogens (tertiary/aromatic N) is 3. The summed E-state index contributed by atoms with van der Waals surface area (Å²) in [6.07, 6.45) is 1.59. The number of ether oxygens (including phenoxy) is 1. The molecule has 0 fully saturated rings. The Balaban J connectivity index is 2.04. The first-order valence-corrected chi connectivity index (χ1v) is 10.6. The molecule has 0 saturated heterocycles. The van der Waals surface area contributed by atoms with Crippen LogP contribution in [0.5, 0.6) is 5.75 Å². The summed E-state index contributed by atoms with van der Waals surface area (Å²) in [6, 6.07) is 9.03. The molecular weight excluding hydrogens is 640 g/mol. The van der Waals surface area contributed by atoms with E-state index < -0.39 is 0 Å². The van der Waals surface area contributed by atoms with Crippen LogP contribution in [0.15, 0.2) is 44.7 Å². The maximum absolute atomic E-state index is 12.8. The van der Waals surface area contributed by atoms with E-state index in [1.54, 1.807) is 25.3 Å². The average molecular weight is 652 g/mol. The standard InChI is InChI=1S/C18H12BrI2N3O3/c1-9-23-16-4-3-12(19)7-13(16)18(26)24(9)22-8-11-5-14(20)17(15(21)6-11)27-10(2)25/h3-8H,1-2H3. The molecule has 3 aromatic rings. The van der Waals surface area contributed by atoms with Crippen LogP contribution in [0, 0.1) is 14.1 Å². The number of hydrogen-bond donors (Lipinski definition) is 0. The van der Waals surface area contributed by atoms with Crippen molar-refractivity contribution in [2.24, 2.45) is 5.10 Å². The molecule has 0 spiro atoms. The first-order valence-electron chi connectivity index (χ1n) is 7.67. The van der Waals surface area contributed by atoms with Gasteiger partial charge in [0.1, 0.15) is 5.82 Å². The molecule has 6 nitrogen and oxygen atoms in total. The van der Waals surface area contributed by atoms with Crippen LogP contribution >= 0.6 is 61.1 Å². The lowest BCUT2D eigenvalue weighted by Gasteiger charge is -2.08. The lowest BCUT2D eigenvalue weighted by molar-refractivity contribution is -0.132. The van der Waals surface area contributed by atoms with Gasteiger partial charge in [-0.05, 0) is 88.0 Å². The van der Waals surface area contributed by atoms with E-state index in [0.717, 1.165) is 17.2 Å². The third-order valence-corrected chi connectivity index (χ3v) is 5.65. The summed E-state index contributed by atoms with van der Waals surface area (Å²) in [5, 5.41) is 4.80. The number of esters is 1. The molecule has 0 atom stereocenters. The van der Waals surface area contributed by atoms with Gasteiger partial charge in [0.25, 0.3) is 5.56 Å². The number of carbonyl (C=O) groups is 1. The van der Waals surface area contributed by atoms with Gasteiger partial charge in [0, 0.05) is 11.4 Å². The fourth-order valence-corrected chi connectivity index (χ4v) is 4.81. The smallest absolute Gasteiger partial charge is 0.308 e. The van der Waals surface area contributed by atoms with Gasteiger partial charge in [-0.3, -0.25) is 9.59 Å². The van der Waals surface area contributed by atoms with Gasteiger partial charge in [0.2, 0.25) is 0 Å². The van der Waals surface area contributed by atoms with Gasteiger partial charge < -0.3 is 4.74 Å². The van der Waals surface area contributed by atoms with Gasteiger partial charge >= 0.3 is 5.97 Å². The predicted molar refractivity (Wildman–Crippen MR) is 125 cm³/mol. The summed E-state index contributed by atoms with van der Waals surface area (Å²) < 4.78 is 8.86. The van der Waals surface area contributed by atoms with E-state index in [2.05, 4.69) is 71.2 Å².